The average Bonchev–Trinajstić information content (AvgIpc) is 2.46. The topological polar surface area (TPSA) is 85.4 Å². The smallest absolute Gasteiger partial charge is 0.213 e. The molecule has 2 aliphatic rings. The van der Waals surface area contributed by atoms with E-state index in [4.69, 9.17) is 4.74 Å². The summed E-state index contributed by atoms with van der Waals surface area (Å²) in [5.74, 6) is 0.199. The van der Waals surface area contributed by atoms with Crippen LogP contribution in [-0.2, 0) is 14.6 Å². The minimum Gasteiger partial charge on any atom is -0.481 e. The molecular weight excluding hydrogens is 304 g/mol. The Kier molecular flexibility index (Phi) is 3.72. The van der Waals surface area contributed by atoms with Crippen LogP contribution in [0.3, 0.4) is 0 Å². The fraction of sp³-hybridized carbons (Fsp3) is 0.600. The van der Waals surface area contributed by atoms with Gasteiger partial charge in [0.25, 0.3) is 0 Å². The molecule has 6 nitrogen and oxygen atoms in total. The highest BCUT2D eigenvalue weighted by molar-refractivity contribution is 7.93. The van der Waals surface area contributed by atoms with Crippen LogP contribution in [0.25, 0.3) is 0 Å². The van der Waals surface area contributed by atoms with Gasteiger partial charge in [-0.15, -0.1) is 0 Å². The zero-order chi connectivity index (χ0) is 16.0. The Hall–Kier alpha value is -1.47. The van der Waals surface area contributed by atoms with E-state index in [1.54, 1.807) is 6.92 Å². The van der Waals surface area contributed by atoms with Crippen molar-refractivity contribution < 1.29 is 17.9 Å². The van der Waals surface area contributed by atoms with E-state index in [2.05, 4.69) is 10.3 Å². The zero-order valence-electron chi connectivity index (χ0n) is 12.8. The molecule has 120 valence electrons. The number of ether oxygens (including phenoxy) is 1. The largest absolute Gasteiger partial charge is 0.481 e. The summed E-state index contributed by atoms with van der Waals surface area (Å²) in [6.45, 7) is 3.16. The molecular formula is C15H20N2O4S. The van der Waals surface area contributed by atoms with Gasteiger partial charge in [-0.05, 0) is 38.9 Å². The number of aryl methyl sites for hydroxylation is 1. The molecule has 1 aliphatic carbocycles. The van der Waals surface area contributed by atoms with Crippen LogP contribution in [-0.4, -0.2) is 44.6 Å². The Bertz CT molecular complexity index is 708. The lowest BCUT2D eigenvalue weighted by molar-refractivity contribution is -0.133. The second kappa shape index (κ2) is 5.31. The molecule has 2 fully saturated rings. The van der Waals surface area contributed by atoms with Gasteiger partial charge < -0.3 is 10.1 Å². The third-order valence-electron chi connectivity index (χ3n) is 4.81. The fourth-order valence-electron chi connectivity index (χ4n) is 3.68. The van der Waals surface area contributed by atoms with Gasteiger partial charge in [0.15, 0.2) is 15.6 Å². The second-order valence-corrected chi connectivity index (χ2v) is 8.12. The van der Waals surface area contributed by atoms with E-state index in [0.717, 1.165) is 25.9 Å². The van der Waals surface area contributed by atoms with Gasteiger partial charge >= 0.3 is 0 Å². The monoisotopic (exact) mass is 324 g/mol. The van der Waals surface area contributed by atoms with Crippen LogP contribution in [0.15, 0.2) is 17.0 Å². The number of Topliss-reactive ketones (excluding diaryl/α,β-unsaturated/α-hetero) is 1. The number of nitrogens with one attached hydrogen (secondary N) is 1. The van der Waals surface area contributed by atoms with Crippen molar-refractivity contribution in [1.82, 2.24) is 10.3 Å². The summed E-state index contributed by atoms with van der Waals surface area (Å²) in [5, 5.41) is 2.31. The van der Waals surface area contributed by atoms with Crippen molar-refractivity contribution in [2.24, 2.45) is 5.41 Å². The van der Waals surface area contributed by atoms with Gasteiger partial charge in [0.05, 0.1) is 17.7 Å². The van der Waals surface area contributed by atoms with E-state index in [-0.39, 0.29) is 10.7 Å². The summed E-state index contributed by atoms with van der Waals surface area (Å²) >= 11 is 0. The van der Waals surface area contributed by atoms with Crippen LogP contribution in [0, 0.1) is 12.3 Å². The van der Waals surface area contributed by atoms with E-state index < -0.39 is 20.5 Å². The van der Waals surface area contributed by atoms with Gasteiger partial charge in [-0.25, -0.2) is 13.4 Å². The van der Waals surface area contributed by atoms with Crippen molar-refractivity contribution in [1.29, 1.82) is 0 Å². The zero-order valence-corrected chi connectivity index (χ0v) is 13.6. The molecule has 0 aromatic carbocycles. The maximum Gasteiger partial charge on any atom is 0.213 e. The van der Waals surface area contributed by atoms with E-state index in [1.807, 2.05) is 0 Å². The Morgan fingerprint density at radius 2 is 2.00 bits per heavy atom. The Morgan fingerprint density at radius 1 is 1.32 bits per heavy atom. The molecule has 0 radical (unpaired) electrons. The molecule has 7 heteroatoms. The quantitative estimate of drug-likeness (QED) is 0.888. The molecule has 0 bridgehead atoms. The summed E-state index contributed by atoms with van der Waals surface area (Å²) < 4.78 is 31.0. The molecule has 1 N–H and O–H groups in total. The van der Waals surface area contributed by atoms with Gasteiger partial charge in [0, 0.05) is 17.9 Å². The lowest BCUT2D eigenvalue weighted by atomic mass is 9.62. The lowest BCUT2D eigenvalue weighted by Crippen LogP contribution is -2.60. The first kappa shape index (κ1) is 15.4. The summed E-state index contributed by atoms with van der Waals surface area (Å²) in [6.07, 6.45) is 1.83. The Balaban J connectivity index is 2.00. The number of hydrogen-bond donors (Lipinski definition) is 1. The number of ketones is 1. The standard InChI is InChI=1S/C15H20N2O4S/c1-10-12(3-4-13(17-10)21-2)22(19,20)14-11(18)9-15(14)5-7-16-8-6-15/h3-4,14,16H,5-9H2,1-2H3. The number of methoxy groups -OCH3 is 1. The third-order valence-corrected chi connectivity index (χ3v) is 7.24. The van der Waals surface area contributed by atoms with Crippen molar-refractivity contribution in [3.63, 3.8) is 0 Å². The van der Waals surface area contributed by atoms with Crippen molar-refractivity contribution in [3.8, 4) is 5.88 Å². The first-order valence-corrected chi connectivity index (χ1v) is 8.94. The predicted molar refractivity (Wildman–Crippen MR) is 80.7 cm³/mol. The molecule has 1 saturated carbocycles. The van der Waals surface area contributed by atoms with Crippen LogP contribution < -0.4 is 10.1 Å². The molecule has 1 unspecified atom stereocenters. The molecule has 1 spiro atoms. The molecule has 1 atom stereocenters. The van der Waals surface area contributed by atoms with Crippen LogP contribution in [0.4, 0.5) is 0 Å². The molecule has 2 heterocycles. The van der Waals surface area contributed by atoms with E-state index in [1.165, 1.54) is 19.2 Å². The number of carbonyl (C=O) groups is 1. The third kappa shape index (κ3) is 2.23. The maximum absolute atomic E-state index is 13.0. The highest BCUT2D eigenvalue weighted by Gasteiger charge is 2.60. The number of carbonyl (C=O) groups excluding carboxylic acids is 1. The van der Waals surface area contributed by atoms with Crippen molar-refractivity contribution in [3.05, 3.63) is 17.8 Å². The number of nitrogens with zero attached hydrogens (tertiary/aromatic N) is 1. The number of aromatic nitrogens is 1. The molecule has 0 amide bonds. The Morgan fingerprint density at radius 3 is 2.55 bits per heavy atom. The number of sulfone groups is 1. The minimum atomic E-state index is -3.71. The van der Waals surface area contributed by atoms with Crippen molar-refractivity contribution in [2.75, 3.05) is 20.2 Å². The molecule has 1 aromatic heterocycles. The Labute approximate surface area is 130 Å². The number of hydrogen-bond acceptors (Lipinski definition) is 6. The maximum atomic E-state index is 13.0. The first-order chi connectivity index (χ1) is 10.4. The highest BCUT2D eigenvalue weighted by atomic mass is 32.2. The average molecular weight is 324 g/mol. The number of rotatable bonds is 3. The van der Waals surface area contributed by atoms with E-state index >= 15 is 0 Å². The van der Waals surface area contributed by atoms with Gasteiger partial charge in [-0.1, -0.05) is 0 Å². The fourth-order valence-corrected chi connectivity index (χ4v) is 6.05. The lowest BCUT2D eigenvalue weighted by Gasteiger charge is -2.49. The summed E-state index contributed by atoms with van der Waals surface area (Å²) in [5.41, 5.74) is -0.0174. The number of pyridine rings is 1. The van der Waals surface area contributed by atoms with Crippen LogP contribution in [0.1, 0.15) is 25.0 Å². The normalized spacial score (nSPS) is 24.1. The molecule has 22 heavy (non-hydrogen) atoms. The van der Waals surface area contributed by atoms with Crippen LogP contribution >= 0.6 is 0 Å². The summed E-state index contributed by atoms with van der Waals surface area (Å²) in [6, 6.07) is 3.02. The molecule has 3 rings (SSSR count). The minimum absolute atomic E-state index is 0.143. The first-order valence-electron chi connectivity index (χ1n) is 7.40. The highest BCUT2D eigenvalue weighted by Crippen LogP contribution is 2.50. The van der Waals surface area contributed by atoms with Gasteiger partial charge in [0.1, 0.15) is 5.25 Å². The van der Waals surface area contributed by atoms with E-state index in [0.29, 0.717) is 18.0 Å². The molecule has 1 aromatic rings. The molecule has 1 saturated heterocycles. The van der Waals surface area contributed by atoms with Crippen molar-refractivity contribution >= 4 is 15.6 Å². The van der Waals surface area contributed by atoms with Gasteiger partial charge in [-0.3, -0.25) is 4.79 Å². The van der Waals surface area contributed by atoms with Crippen LogP contribution in [0.2, 0.25) is 0 Å². The summed E-state index contributed by atoms with van der Waals surface area (Å²) in [4.78, 5) is 16.4. The van der Waals surface area contributed by atoms with Crippen LogP contribution in [0.5, 0.6) is 5.88 Å². The van der Waals surface area contributed by atoms with E-state index in [9.17, 15) is 13.2 Å². The summed E-state index contributed by atoms with van der Waals surface area (Å²) in [7, 11) is -2.23. The van der Waals surface area contributed by atoms with Crippen molar-refractivity contribution in [2.45, 2.75) is 36.3 Å². The molecule has 1 aliphatic heterocycles. The van der Waals surface area contributed by atoms with Gasteiger partial charge in [-0.2, -0.15) is 0 Å². The predicted octanol–water partition coefficient (Wildman–Crippen LogP) is 0.884. The second-order valence-electron chi connectivity index (χ2n) is 6.12. The SMILES string of the molecule is COc1ccc(S(=O)(=O)C2C(=O)CC23CCNCC3)c(C)n1. The van der Waals surface area contributed by atoms with Gasteiger partial charge in [0.2, 0.25) is 5.88 Å². The number of piperidine rings is 1.